The molecule has 2 rings (SSSR count). The van der Waals surface area contributed by atoms with Gasteiger partial charge in [-0.25, -0.2) is 0 Å². The third kappa shape index (κ3) is 3.96. The zero-order chi connectivity index (χ0) is 15.5. The van der Waals surface area contributed by atoms with Crippen molar-refractivity contribution in [2.24, 2.45) is 0 Å². The fourth-order valence-electron chi connectivity index (χ4n) is 2.99. The zero-order valence-corrected chi connectivity index (χ0v) is 13.3. The highest BCUT2D eigenvalue weighted by molar-refractivity contribution is 6.32. The van der Waals surface area contributed by atoms with Gasteiger partial charge in [0.15, 0.2) is 6.54 Å². The average Bonchev–Trinajstić information content (AvgIpc) is 2.92. The van der Waals surface area contributed by atoms with Gasteiger partial charge in [-0.1, -0.05) is 11.6 Å². The molecular weight excluding hydrogens is 286 g/mol. The molecule has 5 heteroatoms. The van der Waals surface area contributed by atoms with Crippen molar-refractivity contribution in [3.8, 4) is 6.07 Å². The number of hydrogen-bond acceptors (Lipinski definition) is 2. The molecule has 0 heterocycles. The van der Waals surface area contributed by atoms with Crippen LogP contribution in [-0.4, -0.2) is 37.1 Å². The van der Waals surface area contributed by atoms with E-state index in [4.69, 9.17) is 16.9 Å². The number of likely N-dealkylation sites (N-methyl/N-ethyl adjacent to an activating group) is 1. The van der Waals surface area contributed by atoms with Crippen LogP contribution in [0.5, 0.6) is 0 Å². The largest absolute Gasteiger partial charge is 0.321 e. The van der Waals surface area contributed by atoms with Crippen molar-refractivity contribution >= 4 is 23.2 Å². The number of nitrogens with zero attached hydrogens (tertiary/aromatic N) is 2. The van der Waals surface area contributed by atoms with Gasteiger partial charge in [-0.15, -0.1) is 0 Å². The Hall–Kier alpha value is -1.57. The van der Waals surface area contributed by atoms with Crippen molar-refractivity contribution in [3.05, 3.63) is 28.8 Å². The Morgan fingerprint density at radius 1 is 1.43 bits per heavy atom. The number of rotatable bonds is 4. The minimum atomic E-state index is -0.0207. The summed E-state index contributed by atoms with van der Waals surface area (Å²) in [6, 6.07) is 7.52. The molecule has 1 aromatic rings. The van der Waals surface area contributed by atoms with Crippen LogP contribution in [0.3, 0.4) is 0 Å². The highest BCUT2D eigenvalue weighted by Gasteiger charge is 2.32. The second-order valence-corrected chi connectivity index (χ2v) is 6.64. The Morgan fingerprint density at radius 2 is 2.10 bits per heavy atom. The maximum absolute atomic E-state index is 12.2. The van der Waals surface area contributed by atoms with Gasteiger partial charge in [-0.3, -0.25) is 4.79 Å². The SMILES string of the molecule is C[N+](C)(CC(=O)Nc1ccc(C#N)c(Cl)c1)C1CCCC1. The number of hydrogen-bond donors (Lipinski definition) is 1. The number of amides is 1. The normalized spacial score (nSPS) is 15.7. The Bertz CT molecular complexity index is 571. The van der Waals surface area contributed by atoms with E-state index in [1.165, 1.54) is 25.7 Å². The molecule has 0 saturated heterocycles. The monoisotopic (exact) mass is 306 g/mol. The minimum absolute atomic E-state index is 0.0207. The fraction of sp³-hybridized carbons (Fsp3) is 0.500. The Balaban J connectivity index is 1.98. The van der Waals surface area contributed by atoms with Crippen molar-refractivity contribution in [2.45, 2.75) is 31.7 Å². The summed E-state index contributed by atoms with van der Waals surface area (Å²) in [6.07, 6.45) is 4.92. The number of anilines is 1. The van der Waals surface area contributed by atoms with Gasteiger partial charge in [0.2, 0.25) is 0 Å². The molecule has 4 nitrogen and oxygen atoms in total. The van der Waals surface area contributed by atoms with Gasteiger partial charge < -0.3 is 9.80 Å². The van der Waals surface area contributed by atoms with Crippen LogP contribution in [0.15, 0.2) is 18.2 Å². The van der Waals surface area contributed by atoms with Gasteiger partial charge in [-0.2, -0.15) is 5.26 Å². The van der Waals surface area contributed by atoms with Crippen LogP contribution in [0.25, 0.3) is 0 Å². The van der Waals surface area contributed by atoms with E-state index in [9.17, 15) is 4.79 Å². The molecule has 1 saturated carbocycles. The van der Waals surface area contributed by atoms with Gasteiger partial charge >= 0.3 is 0 Å². The first kappa shape index (κ1) is 15.8. The van der Waals surface area contributed by atoms with E-state index in [-0.39, 0.29) is 5.91 Å². The molecule has 1 aromatic carbocycles. The molecule has 0 spiro atoms. The van der Waals surface area contributed by atoms with Gasteiger partial charge in [-0.05, 0) is 43.9 Å². The highest BCUT2D eigenvalue weighted by Crippen LogP contribution is 2.26. The second-order valence-electron chi connectivity index (χ2n) is 6.23. The van der Waals surface area contributed by atoms with Crippen LogP contribution in [0.2, 0.25) is 5.02 Å². The Morgan fingerprint density at radius 3 is 2.67 bits per heavy atom. The summed E-state index contributed by atoms with van der Waals surface area (Å²) in [5.74, 6) is -0.0207. The van der Waals surface area contributed by atoms with E-state index in [1.54, 1.807) is 18.2 Å². The summed E-state index contributed by atoms with van der Waals surface area (Å²) in [4.78, 5) is 12.2. The van der Waals surface area contributed by atoms with Crippen LogP contribution in [0, 0.1) is 11.3 Å². The van der Waals surface area contributed by atoms with Crippen molar-refractivity contribution in [2.75, 3.05) is 26.0 Å². The Labute approximate surface area is 130 Å². The summed E-state index contributed by atoms with van der Waals surface area (Å²) in [5.41, 5.74) is 1.05. The summed E-state index contributed by atoms with van der Waals surface area (Å²) in [5, 5.41) is 12.1. The first-order chi connectivity index (χ1) is 9.92. The molecular formula is C16H21ClN3O+. The number of nitriles is 1. The summed E-state index contributed by atoms with van der Waals surface area (Å²) in [7, 11) is 4.22. The molecule has 1 N–H and O–H groups in total. The molecule has 1 fully saturated rings. The molecule has 112 valence electrons. The molecule has 1 aliphatic carbocycles. The smallest absolute Gasteiger partial charge is 0.279 e. The molecule has 0 radical (unpaired) electrons. The molecule has 0 unspecified atom stereocenters. The average molecular weight is 307 g/mol. The number of nitrogens with one attached hydrogen (secondary N) is 1. The number of benzene rings is 1. The van der Waals surface area contributed by atoms with E-state index in [2.05, 4.69) is 19.4 Å². The molecule has 0 atom stereocenters. The first-order valence-electron chi connectivity index (χ1n) is 7.24. The lowest BCUT2D eigenvalue weighted by atomic mass is 10.2. The highest BCUT2D eigenvalue weighted by atomic mass is 35.5. The molecule has 0 aromatic heterocycles. The topological polar surface area (TPSA) is 52.9 Å². The number of quaternary nitrogens is 1. The number of carbonyl (C=O) groups is 1. The zero-order valence-electron chi connectivity index (χ0n) is 12.5. The maximum Gasteiger partial charge on any atom is 0.279 e. The van der Waals surface area contributed by atoms with E-state index in [1.807, 2.05) is 6.07 Å². The van der Waals surface area contributed by atoms with E-state index < -0.39 is 0 Å². The standard InChI is InChI=1S/C16H20ClN3O/c1-20(2,14-5-3-4-6-14)11-16(21)19-13-8-7-12(10-18)15(17)9-13/h7-9,14H,3-6,11H2,1-2H3/p+1. The molecule has 0 aliphatic heterocycles. The predicted octanol–water partition coefficient (Wildman–Crippen LogP) is 3.17. The number of halogens is 1. The summed E-state index contributed by atoms with van der Waals surface area (Å²) >= 11 is 5.97. The van der Waals surface area contributed by atoms with Gasteiger partial charge in [0.1, 0.15) is 6.07 Å². The van der Waals surface area contributed by atoms with Crippen LogP contribution in [0.4, 0.5) is 5.69 Å². The van der Waals surface area contributed by atoms with Crippen molar-refractivity contribution in [1.29, 1.82) is 5.26 Å². The Kier molecular flexibility index (Phi) is 4.87. The predicted molar refractivity (Wildman–Crippen MR) is 84.0 cm³/mol. The van der Waals surface area contributed by atoms with Crippen molar-refractivity contribution in [3.63, 3.8) is 0 Å². The van der Waals surface area contributed by atoms with Gasteiger partial charge in [0, 0.05) is 5.69 Å². The maximum atomic E-state index is 12.2. The van der Waals surface area contributed by atoms with Gasteiger partial charge in [0.05, 0.1) is 30.7 Å². The first-order valence-corrected chi connectivity index (χ1v) is 7.62. The molecule has 0 bridgehead atoms. The van der Waals surface area contributed by atoms with Crippen molar-refractivity contribution in [1.82, 2.24) is 0 Å². The van der Waals surface area contributed by atoms with Crippen LogP contribution in [-0.2, 0) is 4.79 Å². The van der Waals surface area contributed by atoms with Gasteiger partial charge in [0.25, 0.3) is 5.91 Å². The summed E-state index contributed by atoms with van der Waals surface area (Å²) < 4.78 is 0.718. The lowest BCUT2D eigenvalue weighted by molar-refractivity contribution is -0.906. The lowest BCUT2D eigenvalue weighted by Crippen LogP contribution is -2.51. The van der Waals surface area contributed by atoms with E-state index in [0.717, 1.165) is 4.48 Å². The minimum Gasteiger partial charge on any atom is -0.321 e. The second kappa shape index (κ2) is 6.46. The van der Waals surface area contributed by atoms with Crippen molar-refractivity contribution < 1.29 is 9.28 Å². The fourth-order valence-corrected chi connectivity index (χ4v) is 3.21. The number of carbonyl (C=O) groups excluding carboxylic acids is 1. The van der Waals surface area contributed by atoms with Crippen LogP contribution in [0.1, 0.15) is 31.2 Å². The summed E-state index contributed by atoms with van der Waals surface area (Å²) in [6.45, 7) is 0.447. The third-order valence-corrected chi connectivity index (χ3v) is 4.55. The molecule has 1 aliphatic rings. The quantitative estimate of drug-likeness (QED) is 0.869. The molecule has 1 amide bonds. The molecule has 21 heavy (non-hydrogen) atoms. The third-order valence-electron chi connectivity index (χ3n) is 4.24. The van der Waals surface area contributed by atoms with E-state index in [0.29, 0.717) is 28.9 Å². The van der Waals surface area contributed by atoms with Crippen LogP contribution < -0.4 is 5.32 Å². The van der Waals surface area contributed by atoms with E-state index >= 15 is 0 Å². The van der Waals surface area contributed by atoms with Crippen LogP contribution >= 0.6 is 11.6 Å². The lowest BCUT2D eigenvalue weighted by Gasteiger charge is -2.35.